The molecule has 0 aliphatic heterocycles. The molecule has 1 heterocycles. The fourth-order valence-electron chi connectivity index (χ4n) is 1.63. The molecule has 0 bridgehead atoms. The third kappa shape index (κ3) is 2.89. The van der Waals surface area contributed by atoms with Gasteiger partial charge in [0.25, 0.3) is 5.91 Å². The minimum Gasteiger partial charge on any atom is -0.344 e. The van der Waals surface area contributed by atoms with Gasteiger partial charge >= 0.3 is 0 Å². The van der Waals surface area contributed by atoms with Crippen LogP contribution in [0.4, 0.5) is 0 Å². The van der Waals surface area contributed by atoms with E-state index in [0.29, 0.717) is 12.1 Å². The number of amides is 1. The van der Waals surface area contributed by atoms with Crippen LogP contribution in [0.5, 0.6) is 0 Å². The van der Waals surface area contributed by atoms with Crippen LogP contribution in [-0.2, 0) is 0 Å². The molecule has 0 saturated heterocycles. The van der Waals surface area contributed by atoms with E-state index in [2.05, 4.69) is 15.5 Å². The van der Waals surface area contributed by atoms with E-state index in [1.807, 2.05) is 30.3 Å². The summed E-state index contributed by atoms with van der Waals surface area (Å²) in [6.45, 7) is 0.342. The number of nitrogens with one attached hydrogen (secondary N) is 1. The summed E-state index contributed by atoms with van der Waals surface area (Å²) < 4.78 is 0. The van der Waals surface area contributed by atoms with Crippen LogP contribution in [0.25, 0.3) is 0 Å². The third-order valence-corrected chi connectivity index (χ3v) is 2.59. The number of nitrogens with zero attached hydrogens (tertiary/aromatic N) is 2. The zero-order valence-electron chi connectivity index (χ0n) is 9.78. The molecule has 92 valence electrons. The molecular formula is C13H14N4O. The number of aromatic nitrogens is 2. The predicted octanol–water partition coefficient (Wildman–Crippen LogP) is 0.906. The summed E-state index contributed by atoms with van der Waals surface area (Å²) in [5.74, 6) is -0.204. The van der Waals surface area contributed by atoms with Crippen molar-refractivity contribution in [3.8, 4) is 0 Å². The lowest BCUT2D eigenvalue weighted by Gasteiger charge is -2.17. The number of rotatable bonds is 4. The van der Waals surface area contributed by atoms with Crippen LogP contribution in [0, 0.1) is 0 Å². The van der Waals surface area contributed by atoms with Gasteiger partial charge in [-0.2, -0.15) is 10.2 Å². The van der Waals surface area contributed by atoms with Gasteiger partial charge in [-0.1, -0.05) is 30.3 Å². The van der Waals surface area contributed by atoms with E-state index in [0.717, 1.165) is 5.56 Å². The van der Waals surface area contributed by atoms with E-state index >= 15 is 0 Å². The molecule has 5 heteroatoms. The van der Waals surface area contributed by atoms with Crippen molar-refractivity contribution in [3.63, 3.8) is 0 Å². The molecule has 0 radical (unpaired) electrons. The molecule has 5 nitrogen and oxygen atoms in total. The maximum atomic E-state index is 12.0. The quantitative estimate of drug-likeness (QED) is 0.835. The van der Waals surface area contributed by atoms with Crippen molar-refractivity contribution in [3.05, 3.63) is 59.9 Å². The van der Waals surface area contributed by atoms with Gasteiger partial charge in [-0.25, -0.2) is 0 Å². The van der Waals surface area contributed by atoms with Gasteiger partial charge in [-0.05, 0) is 11.6 Å². The molecule has 1 unspecified atom stereocenters. The summed E-state index contributed by atoms with van der Waals surface area (Å²) in [6, 6.07) is 11.0. The van der Waals surface area contributed by atoms with Crippen molar-refractivity contribution < 1.29 is 4.79 Å². The van der Waals surface area contributed by atoms with Crippen LogP contribution >= 0.6 is 0 Å². The minimum absolute atomic E-state index is 0.202. The summed E-state index contributed by atoms with van der Waals surface area (Å²) in [5, 5.41) is 10.2. The van der Waals surface area contributed by atoms with E-state index < -0.39 is 0 Å². The molecule has 2 aromatic rings. The van der Waals surface area contributed by atoms with Gasteiger partial charge in [0.15, 0.2) is 0 Å². The second-order valence-corrected chi connectivity index (χ2v) is 3.80. The molecule has 0 aliphatic rings. The van der Waals surface area contributed by atoms with Crippen LogP contribution in [0.15, 0.2) is 48.8 Å². The first kappa shape index (κ1) is 12.2. The second kappa shape index (κ2) is 5.88. The molecule has 0 fully saturated rings. The van der Waals surface area contributed by atoms with Crippen LogP contribution in [0.2, 0.25) is 0 Å². The highest BCUT2D eigenvalue weighted by atomic mass is 16.1. The molecule has 1 aromatic carbocycles. The Labute approximate surface area is 105 Å². The van der Waals surface area contributed by atoms with E-state index in [1.54, 1.807) is 6.07 Å². The molecule has 1 aromatic heterocycles. The molecule has 0 aliphatic carbocycles. The molecule has 0 saturated carbocycles. The first-order chi connectivity index (χ1) is 8.81. The second-order valence-electron chi connectivity index (χ2n) is 3.80. The molecule has 1 amide bonds. The van der Waals surface area contributed by atoms with Crippen LogP contribution in [-0.4, -0.2) is 22.6 Å². The lowest BCUT2D eigenvalue weighted by molar-refractivity contribution is 0.0937. The maximum absolute atomic E-state index is 12.0. The standard InChI is InChI=1S/C13H14N4O/c14-8-12(10-4-2-1-3-5-10)17-13(18)11-6-7-15-16-9-11/h1-7,9,12H,8,14H2,(H,17,18). The Bertz CT molecular complexity index is 501. The average Bonchev–Trinajstić information content (AvgIpc) is 2.46. The van der Waals surface area contributed by atoms with Gasteiger partial charge in [0.05, 0.1) is 24.0 Å². The normalized spacial score (nSPS) is 11.8. The smallest absolute Gasteiger partial charge is 0.253 e. The van der Waals surface area contributed by atoms with Crippen molar-refractivity contribution in [2.75, 3.05) is 6.54 Å². The number of hydrogen-bond acceptors (Lipinski definition) is 4. The molecule has 18 heavy (non-hydrogen) atoms. The van der Waals surface area contributed by atoms with E-state index in [1.165, 1.54) is 12.4 Å². The highest BCUT2D eigenvalue weighted by Crippen LogP contribution is 2.11. The van der Waals surface area contributed by atoms with Gasteiger partial charge in [0.2, 0.25) is 0 Å². The van der Waals surface area contributed by atoms with Crippen molar-refractivity contribution in [1.29, 1.82) is 0 Å². The topological polar surface area (TPSA) is 80.9 Å². The molecule has 1 atom stereocenters. The molecule has 3 N–H and O–H groups in total. The zero-order valence-corrected chi connectivity index (χ0v) is 9.78. The summed E-state index contributed by atoms with van der Waals surface area (Å²) in [5.41, 5.74) is 7.14. The molecule has 0 spiro atoms. The highest BCUT2D eigenvalue weighted by molar-refractivity contribution is 5.94. The Kier molecular flexibility index (Phi) is 3.98. The van der Waals surface area contributed by atoms with E-state index in [4.69, 9.17) is 5.73 Å². The summed E-state index contributed by atoms with van der Waals surface area (Å²) in [6.07, 6.45) is 2.91. The monoisotopic (exact) mass is 242 g/mol. The number of hydrogen-bond donors (Lipinski definition) is 2. The van der Waals surface area contributed by atoms with Gasteiger partial charge in [-0.3, -0.25) is 4.79 Å². The maximum Gasteiger partial charge on any atom is 0.253 e. The Morgan fingerprint density at radius 2 is 2.00 bits per heavy atom. The van der Waals surface area contributed by atoms with Crippen LogP contribution < -0.4 is 11.1 Å². The number of benzene rings is 1. The van der Waals surface area contributed by atoms with Crippen molar-refractivity contribution in [2.24, 2.45) is 5.73 Å². The largest absolute Gasteiger partial charge is 0.344 e. The predicted molar refractivity (Wildman–Crippen MR) is 67.7 cm³/mol. The van der Waals surface area contributed by atoms with Crippen molar-refractivity contribution >= 4 is 5.91 Å². The fraction of sp³-hybridized carbons (Fsp3) is 0.154. The fourth-order valence-corrected chi connectivity index (χ4v) is 1.63. The molecule has 2 rings (SSSR count). The van der Waals surface area contributed by atoms with Gasteiger partial charge < -0.3 is 11.1 Å². The Hall–Kier alpha value is -2.27. The van der Waals surface area contributed by atoms with Gasteiger partial charge in [0.1, 0.15) is 0 Å². The lowest BCUT2D eigenvalue weighted by Crippen LogP contribution is -2.33. The summed E-state index contributed by atoms with van der Waals surface area (Å²) in [7, 11) is 0. The number of carbonyl (C=O) groups is 1. The number of carbonyl (C=O) groups excluding carboxylic acids is 1. The minimum atomic E-state index is -0.204. The van der Waals surface area contributed by atoms with Gasteiger partial charge in [0, 0.05) is 6.54 Å². The lowest BCUT2D eigenvalue weighted by atomic mass is 10.1. The van der Waals surface area contributed by atoms with Gasteiger partial charge in [-0.15, -0.1) is 0 Å². The Balaban J connectivity index is 2.10. The van der Waals surface area contributed by atoms with E-state index in [9.17, 15) is 4.79 Å². The molecular weight excluding hydrogens is 228 g/mol. The Morgan fingerprint density at radius 3 is 2.61 bits per heavy atom. The SMILES string of the molecule is NCC(NC(=O)c1ccnnc1)c1ccccc1. The first-order valence-electron chi connectivity index (χ1n) is 5.64. The van der Waals surface area contributed by atoms with Crippen LogP contribution in [0.3, 0.4) is 0 Å². The summed E-state index contributed by atoms with van der Waals surface area (Å²) in [4.78, 5) is 12.0. The third-order valence-electron chi connectivity index (χ3n) is 2.59. The Morgan fingerprint density at radius 1 is 1.22 bits per heavy atom. The van der Waals surface area contributed by atoms with Crippen molar-refractivity contribution in [2.45, 2.75) is 6.04 Å². The van der Waals surface area contributed by atoms with E-state index in [-0.39, 0.29) is 11.9 Å². The highest BCUT2D eigenvalue weighted by Gasteiger charge is 2.13. The first-order valence-corrected chi connectivity index (χ1v) is 5.64. The zero-order chi connectivity index (χ0) is 12.8. The van der Waals surface area contributed by atoms with Crippen LogP contribution in [0.1, 0.15) is 22.0 Å². The van der Waals surface area contributed by atoms with Crippen molar-refractivity contribution in [1.82, 2.24) is 15.5 Å². The number of nitrogens with two attached hydrogens (primary N) is 1. The average molecular weight is 242 g/mol. The summed E-state index contributed by atoms with van der Waals surface area (Å²) >= 11 is 0.